The molecule has 0 heterocycles. The molecule has 0 rings (SSSR count). The monoisotopic (exact) mass is 249 g/mol. The first-order chi connectivity index (χ1) is 6.29. The molecule has 1 amide bonds. The molecule has 14 heavy (non-hydrogen) atoms. The Bertz CT molecular complexity index is 257. The Morgan fingerprint density at radius 1 is 1.43 bits per heavy atom. The summed E-state index contributed by atoms with van der Waals surface area (Å²) in [5, 5.41) is 8.24. The number of aliphatic carboxylic acids is 1. The van der Waals surface area contributed by atoms with Gasteiger partial charge in [0.2, 0.25) is 0 Å². The van der Waals surface area contributed by atoms with Crippen LogP contribution in [0.2, 0.25) is 0 Å². The maximum Gasteiger partial charge on any atom is 0.471 e. The molecule has 0 radical (unpaired) electrons. The summed E-state index contributed by atoms with van der Waals surface area (Å²) in [5.41, 5.74) is 0. The standard InChI is InChI=1S/C5H7F3NO3PS/c6-5(7,8)4(12)9(2-13-14)1-3(10)11/h1-2,13H2,(H,10,11). The average Bonchev–Trinajstić information content (AvgIpc) is 2.00. The molecular formula is C5H7F3NO3PS. The Hall–Kier alpha value is -0.620. The van der Waals surface area contributed by atoms with Crippen molar-refractivity contribution in [2.75, 3.05) is 12.8 Å². The number of carboxylic acids is 1. The lowest BCUT2D eigenvalue weighted by Gasteiger charge is -2.19. The zero-order chi connectivity index (χ0) is 11.4. The zero-order valence-electron chi connectivity index (χ0n) is 6.74. The molecule has 0 spiro atoms. The first kappa shape index (κ1) is 13.4. The number of carboxylic acid groups (broad SMARTS) is 1. The van der Waals surface area contributed by atoms with E-state index in [9.17, 15) is 22.8 Å². The number of halogens is 3. The highest BCUT2D eigenvalue weighted by molar-refractivity contribution is 7.96. The van der Waals surface area contributed by atoms with Gasteiger partial charge in [-0.15, -0.1) is 11.8 Å². The summed E-state index contributed by atoms with van der Waals surface area (Å²) < 4.78 is 35.6. The largest absolute Gasteiger partial charge is 0.480 e. The van der Waals surface area contributed by atoms with Gasteiger partial charge < -0.3 is 10.0 Å². The molecule has 0 aromatic rings. The SMILES string of the molecule is O=C(O)CN(C[PH2]=S)C(=O)C(F)(F)F. The van der Waals surface area contributed by atoms with Crippen LogP contribution in [0, 0.1) is 0 Å². The van der Waals surface area contributed by atoms with E-state index in [4.69, 9.17) is 5.11 Å². The molecule has 1 N–H and O–H groups in total. The van der Waals surface area contributed by atoms with E-state index in [1.54, 1.807) is 0 Å². The van der Waals surface area contributed by atoms with Crippen LogP contribution in [0.25, 0.3) is 0 Å². The minimum Gasteiger partial charge on any atom is -0.480 e. The highest BCUT2D eigenvalue weighted by Crippen LogP contribution is 2.19. The maximum absolute atomic E-state index is 11.9. The molecule has 1 unspecified atom stereocenters. The number of carbonyl (C=O) groups excluding carboxylic acids is 1. The van der Waals surface area contributed by atoms with Crippen LogP contribution < -0.4 is 0 Å². The van der Waals surface area contributed by atoms with E-state index in [1.807, 2.05) is 0 Å². The van der Waals surface area contributed by atoms with Gasteiger partial charge in [0.1, 0.15) is 6.54 Å². The number of nitrogens with zero attached hydrogens (tertiary/aromatic N) is 1. The minimum atomic E-state index is -5.04. The number of rotatable bonds is 4. The predicted octanol–water partition coefficient (Wildman–Crippen LogP) is 0.292. The molecule has 0 bridgehead atoms. The van der Waals surface area contributed by atoms with Gasteiger partial charge in [0.25, 0.3) is 0 Å². The van der Waals surface area contributed by atoms with Crippen molar-refractivity contribution in [3.63, 3.8) is 0 Å². The van der Waals surface area contributed by atoms with Crippen molar-refractivity contribution in [3.8, 4) is 0 Å². The normalized spacial score (nSPS) is 11.9. The molecule has 0 fully saturated rings. The Morgan fingerprint density at radius 2 is 1.93 bits per heavy atom. The van der Waals surface area contributed by atoms with Gasteiger partial charge in [-0.2, -0.15) is 13.2 Å². The fourth-order valence-electron chi connectivity index (χ4n) is 0.652. The van der Waals surface area contributed by atoms with E-state index >= 15 is 0 Å². The maximum atomic E-state index is 11.9. The number of hydrogen-bond acceptors (Lipinski definition) is 3. The molecule has 82 valence electrons. The Labute approximate surface area is 83.5 Å². The number of hydrogen-bond donors (Lipinski definition) is 1. The van der Waals surface area contributed by atoms with Crippen LogP contribution in [-0.2, 0) is 21.4 Å². The lowest BCUT2D eigenvalue weighted by molar-refractivity contribution is -0.185. The molecule has 0 aromatic carbocycles. The molecule has 1 atom stereocenters. The summed E-state index contributed by atoms with van der Waals surface area (Å²) in [4.78, 5) is 20.9. The van der Waals surface area contributed by atoms with Crippen molar-refractivity contribution in [1.82, 2.24) is 4.90 Å². The topological polar surface area (TPSA) is 57.6 Å². The Kier molecular flexibility index (Phi) is 5.07. The van der Waals surface area contributed by atoms with Gasteiger partial charge in [-0.1, -0.05) is 0 Å². The lowest BCUT2D eigenvalue weighted by Crippen LogP contribution is -2.43. The number of amides is 1. The molecule has 0 saturated carbocycles. The second kappa shape index (κ2) is 5.31. The second-order valence-electron chi connectivity index (χ2n) is 2.24. The van der Waals surface area contributed by atoms with Crippen molar-refractivity contribution in [2.24, 2.45) is 0 Å². The molecule has 0 aliphatic rings. The molecule has 0 aliphatic carbocycles. The fraction of sp³-hybridized carbons (Fsp3) is 0.600. The third-order valence-corrected chi connectivity index (χ3v) is 2.19. The summed E-state index contributed by atoms with van der Waals surface area (Å²) >= 11 is 4.45. The van der Waals surface area contributed by atoms with Crippen LogP contribution >= 0.6 is 7.36 Å². The van der Waals surface area contributed by atoms with Crippen LogP contribution in [0.3, 0.4) is 0 Å². The van der Waals surface area contributed by atoms with Crippen LogP contribution in [-0.4, -0.2) is 40.9 Å². The van der Waals surface area contributed by atoms with E-state index in [0.717, 1.165) is 0 Å². The third-order valence-electron chi connectivity index (χ3n) is 1.15. The van der Waals surface area contributed by atoms with Crippen molar-refractivity contribution in [1.29, 1.82) is 0 Å². The van der Waals surface area contributed by atoms with Crippen molar-refractivity contribution >= 4 is 31.0 Å². The van der Waals surface area contributed by atoms with E-state index < -0.39 is 32.0 Å². The van der Waals surface area contributed by atoms with E-state index in [1.165, 1.54) is 0 Å². The van der Waals surface area contributed by atoms with E-state index in [0.29, 0.717) is 0 Å². The number of alkyl halides is 3. The van der Waals surface area contributed by atoms with Crippen LogP contribution in [0.5, 0.6) is 0 Å². The van der Waals surface area contributed by atoms with Crippen LogP contribution in [0.1, 0.15) is 0 Å². The highest BCUT2D eigenvalue weighted by atomic mass is 32.4. The highest BCUT2D eigenvalue weighted by Gasteiger charge is 2.42. The van der Waals surface area contributed by atoms with Gasteiger partial charge in [-0.25, -0.2) is 0 Å². The first-order valence-corrected chi connectivity index (χ1v) is 6.00. The molecule has 0 saturated heterocycles. The Balaban J connectivity index is 4.56. The third kappa shape index (κ3) is 4.57. The first-order valence-electron chi connectivity index (χ1n) is 3.30. The molecule has 9 heteroatoms. The van der Waals surface area contributed by atoms with Gasteiger partial charge in [0.05, 0.1) is 0 Å². The summed E-state index contributed by atoms with van der Waals surface area (Å²) in [5.74, 6) is -3.65. The van der Waals surface area contributed by atoms with Crippen molar-refractivity contribution in [3.05, 3.63) is 0 Å². The lowest BCUT2D eigenvalue weighted by atomic mass is 10.5. The van der Waals surface area contributed by atoms with Gasteiger partial charge >= 0.3 is 18.1 Å². The van der Waals surface area contributed by atoms with Crippen molar-refractivity contribution < 1.29 is 27.9 Å². The predicted molar refractivity (Wildman–Crippen MR) is 47.3 cm³/mol. The van der Waals surface area contributed by atoms with Crippen LogP contribution in [0.15, 0.2) is 0 Å². The van der Waals surface area contributed by atoms with Crippen LogP contribution in [0.4, 0.5) is 13.2 Å². The molecule has 4 nitrogen and oxygen atoms in total. The van der Waals surface area contributed by atoms with Gasteiger partial charge in [0, 0.05) is 6.29 Å². The van der Waals surface area contributed by atoms with Crippen molar-refractivity contribution in [2.45, 2.75) is 6.18 Å². The minimum absolute atomic E-state index is 0.199. The molecule has 0 aliphatic heterocycles. The zero-order valence-corrected chi connectivity index (χ0v) is 8.72. The van der Waals surface area contributed by atoms with Gasteiger partial charge in [-0.3, -0.25) is 9.59 Å². The van der Waals surface area contributed by atoms with Gasteiger partial charge in [-0.05, 0) is 7.36 Å². The van der Waals surface area contributed by atoms with Gasteiger partial charge in [0.15, 0.2) is 0 Å². The summed E-state index contributed by atoms with van der Waals surface area (Å²) in [6, 6.07) is 0. The average molecular weight is 249 g/mol. The molecule has 0 aromatic heterocycles. The summed E-state index contributed by atoms with van der Waals surface area (Å²) in [6.45, 7) is -0.970. The van der Waals surface area contributed by atoms with E-state index in [2.05, 4.69) is 11.8 Å². The number of carbonyl (C=O) groups is 2. The Morgan fingerprint density at radius 3 is 2.21 bits per heavy atom. The summed E-state index contributed by atoms with van der Waals surface area (Å²) in [6.07, 6.45) is -5.36. The fourth-order valence-corrected chi connectivity index (χ4v) is 1.67. The smallest absolute Gasteiger partial charge is 0.471 e. The molecular weight excluding hydrogens is 242 g/mol. The second-order valence-corrected chi connectivity index (χ2v) is 3.94. The quantitative estimate of drug-likeness (QED) is 0.728. The summed E-state index contributed by atoms with van der Waals surface area (Å²) in [7, 11) is -0.809. The van der Waals surface area contributed by atoms with E-state index in [-0.39, 0.29) is 11.2 Å².